The number of nitrogens with one attached hydrogen (secondary N) is 1. The van der Waals surface area contributed by atoms with Crippen LogP contribution in [0.4, 0.5) is 0 Å². The first-order valence-corrected chi connectivity index (χ1v) is 11.3. The Bertz CT molecular complexity index is 1060. The summed E-state index contributed by atoms with van der Waals surface area (Å²) in [7, 11) is 1.53. The molecule has 4 rings (SSSR count). The summed E-state index contributed by atoms with van der Waals surface area (Å²) in [5.41, 5.74) is 2.31. The van der Waals surface area contributed by atoms with E-state index in [0.717, 1.165) is 56.2 Å². The topological polar surface area (TPSA) is 85.2 Å². The van der Waals surface area contributed by atoms with E-state index in [2.05, 4.69) is 68.1 Å². The minimum Gasteiger partial charge on any atom is -0.375 e. The third kappa shape index (κ3) is 5.31. The maximum atomic E-state index is 12.2. The number of amides is 1. The molecule has 0 bridgehead atoms. The van der Waals surface area contributed by atoms with E-state index in [1.807, 2.05) is 12.3 Å². The maximum absolute atomic E-state index is 12.2. The van der Waals surface area contributed by atoms with Gasteiger partial charge < -0.3 is 14.6 Å². The summed E-state index contributed by atoms with van der Waals surface area (Å²) < 4.78 is 7.19. The van der Waals surface area contributed by atoms with Crippen LogP contribution in [-0.4, -0.2) is 57.4 Å². The van der Waals surface area contributed by atoms with Gasteiger partial charge in [0, 0.05) is 51.3 Å². The minimum absolute atomic E-state index is 0.0463. The summed E-state index contributed by atoms with van der Waals surface area (Å²) in [6.07, 6.45) is 3.47. The van der Waals surface area contributed by atoms with Gasteiger partial charge in [0.1, 0.15) is 12.4 Å². The van der Waals surface area contributed by atoms with Crippen molar-refractivity contribution in [1.29, 1.82) is 0 Å². The van der Waals surface area contributed by atoms with Crippen molar-refractivity contribution < 1.29 is 9.53 Å². The van der Waals surface area contributed by atoms with Crippen molar-refractivity contribution in [3.05, 3.63) is 53.7 Å². The molecule has 1 aliphatic heterocycles. The van der Waals surface area contributed by atoms with Gasteiger partial charge in [-0.2, -0.15) is 0 Å². The van der Waals surface area contributed by atoms with Gasteiger partial charge in [-0.1, -0.05) is 26.0 Å². The molecule has 1 N–H and O–H groups in total. The standard InChI is InChI=1S/C24H32N6O2/c1-17(2)13-21(26-23(31)16-32-3)24-28-27-22-8-10-29(11-12-30(22)24)15-18-6-7-20-19(14-18)5-4-9-25-20/h4-7,9,14,17,21H,8,10-13,15-16H2,1-3H3,(H,26,31)/t21-/m0/s1. The Balaban J connectivity index is 1.47. The number of rotatable bonds is 8. The molecule has 0 saturated carbocycles. The van der Waals surface area contributed by atoms with Gasteiger partial charge in [0.15, 0.2) is 5.82 Å². The SMILES string of the molecule is COCC(=O)N[C@@H](CC(C)C)c1nnc2n1CCN(Cc1ccc3ncccc3c1)CC2. The Morgan fingerprint density at radius 2 is 2.06 bits per heavy atom. The van der Waals surface area contributed by atoms with Crippen molar-refractivity contribution in [3.63, 3.8) is 0 Å². The summed E-state index contributed by atoms with van der Waals surface area (Å²) in [5, 5.41) is 13.2. The first-order valence-electron chi connectivity index (χ1n) is 11.3. The van der Waals surface area contributed by atoms with Crippen LogP contribution in [-0.2, 0) is 29.0 Å². The number of hydrogen-bond acceptors (Lipinski definition) is 6. The molecular weight excluding hydrogens is 404 g/mol. The number of carbonyl (C=O) groups excluding carboxylic acids is 1. The molecule has 1 atom stereocenters. The number of methoxy groups -OCH3 is 1. The lowest BCUT2D eigenvalue weighted by molar-refractivity contribution is -0.125. The number of carbonyl (C=O) groups is 1. The average molecular weight is 437 g/mol. The molecule has 0 saturated heterocycles. The molecule has 0 radical (unpaired) electrons. The zero-order valence-corrected chi connectivity index (χ0v) is 19.1. The number of hydrogen-bond donors (Lipinski definition) is 1. The van der Waals surface area contributed by atoms with E-state index in [-0.39, 0.29) is 18.6 Å². The molecule has 1 aromatic carbocycles. The van der Waals surface area contributed by atoms with Crippen LogP contribution < -0.4 is 5.32 Å². The smallest absolute Gasteiger partial charge is 0.246 e. The van der Waals surface area contributed by atoms with Crippen molar-refractivity contribution in [2.24, 2.45) is 5.92 Å². The summed E-state index contributed by atoms with van der Waals surface area (Å²) >= 11 is 0. The van der Waals surface area contributed by atoms with Gasteiger partial charge in [-0.15, -0.1) is 10.2 Å². The molecule has 170 valence electrons. The van der Waals surface area contributed by atoms with Crippen LogP contribution >= 0.6 is 0 Å². The highest BCUT2D eigenvalue weighted by atomic mass is 16.5. The summed E-state index contributed by atoms with van der Waals surface area (Å²) in [5.74, 6) is 2.12. The van der Waals surface area contributed by atoms with Gasteiger partial charge in [-0.05, 0) is 36.1 Å². The quantitative estimate of drug-likeness (QED) is 0.584. The lowest BCUT2D eigenvalue weighted by Gasteiger charge is -2.22. The van der Waals surface area contributed by atoms with Gasteiger partial charge in [-0.25, -0.2) is 0 Å². The minimum atomic E-state index is -0.168. The predicted molar refractivity (Wildman–Crippen MR) is 123 cm³/mol. The van der Waals surface area contributed by atoms with Crippen molar-refractivity contribution in [2.75, 3.05) is 26.8 Å². The Morgan fingerprint density at radius 3 is 2.88 bits per heavy atom. The number of benzene rings is 1. The fourth-order valence-electron chi connectivity index (χ4n) is 4.35. The molecule has 2 aromatic heterocycles. The summed E-state index contributed by atoms with van der Waals surface area (Å²) in [6, 6.07) is 10.4. The zero-order valence-electron chi connectivity index (χ0n) is 19.1. The molecule has 8 heteroatoms. The molecule has 32 heavy (non-hydrogen) atoms. The number of fused-ring (bicyclic) bond motifs is 2. The van der Waals surface area contributed by atoms with E-state index in [9.17, 15) is 4.79 Å². The van der Waals surface area contributed by atoms with E-state index >= 15 is 0 Å². The molecule has 1 aliphatic rings. The lowest BCUT2D eigenvalue weighted by atomic mass is 10.0. The van der Waals surface area contributed by atoms with Crippen molar-refractivity contribution in [2.45, 2.75) is 45.8 Å². The Labute approximate surface area is 189 Å². The molecular formula is C24H32N6O2. The number of aromatic nitrogens is 4. The van der Waals surface area contributed by atoms with Crippen LogP contribution in [0.3, 0.4) is 0 Å². The van der Waals surface area contributed by atoms with Crippen molar-refractivity contribution in [1.82, 2.24) is 30.0 Å². The number of nitrogens with zero attached hydrogens (tertiary/aromatic N) is 5. The van der Waals surface area contributed by atoms with Gasteiger partial charge >= 0.3 is 0 Å². The molecule has 3 aromatic rings. The summed E-state index contributed by atoms with van der Waals surface area (Å²) in [6.45, 7) is 7.87. The van der Waals surface area contributed by atoms with Crippen LogP contribution in [0.1, 0.15) is 43.5 Å². The van der Waals surface area contributed by atoms with Gasteiger partial charge in [0.25, 0.3) is 0 Å². The van der Waals surface area contributed by atoms with Crippen LogP contribution in [0.25, 0.3) is 10.9 Å². The Kier molecular flexibility index (Phi) is 7.12. The van der Waals surface area contributed by atoms with E-state index in [1.165, 1.54) is 18.1 Å². The second kappa shape index (κ2) is 10.2. The number of ether oxygens (including phenoxy) is 1. The summed E-state index contributed by atoms with van der Waals surface area (Å²) in [4.78, 5) is 19.1. The van der Waals surface area contributed by atoms with Crippen LogP contribution in [0.15, 0.2) is 36.5 Å². The van der Waals surface area contributed by atoms with Crippen LogP contribution in [0, 0.1) is 5.92 Å². The van der Waals surface area contributed by atoms with Crippen molar-refractivity contribution >= 4 is 16.8 Å². The normalized spacial score (nSPS) is 15.5. The molecule has 8 nitrogen and oxygen atoms in total. The highest BCUT2D eigenvalue weighted by Gasteiger charge is 2.26. The monoisotopic (exact) mass is 436 g/mol. The highest BCUT2D eigenvalue weighted by Crippen LogP contribution is 2.23. The molecule has 3 heterocycles. The van der Waals surface area contributed by atoms with Gasteiger partial charge in [0.2, 0.25) is 5.91 Å². The molecule has 0 fully saturated rings. The average Bonchev–Trinajstić information content (AvgIpc) is 3.07. The van der Waals surface area contributed by atoms with Crippen molar-refractivity contribution in [3.8, 4) is 0 Å². The highest BCUT2D eigenvalue weighted by molar-refractivity contribution is 5.79. The second-order valence-electron chi connectivity index (χ2n) is 8.87. The van der Waals surface area contributed by atoms with E-state index < -0.39 is 0 Å². The Morgan fingerprint density at radius 1 is 1.19 bits per heavy atom. The third-order valence-electron chi connectivity index (χ3n) is 5.85. The van der Waals surface area contributed by atoms with Gasteiger partial charge in [0.05, 0.1) is 11.6 Å². The first kappa shape index (κ1) is 22.4. The third-order valence-corrected chi connectivity index (χ3v) is 5.85. The largest absolute Gasteiger partial charge is 0.375 e. The molecule has 0 spiro atoms. The fraction of sp³-hybridized carbons (Fsp3) is 0.500. The van der Waals surface area contributed by atoms with E-state index in [1.54, 1.807) is 0 Å². The van der Waals surface area contributed by atoms with Crippen LogP contribution in [0.2, 0.25) is 0 Å². The molecule has 1 amide bonds. The maximum Gasteiger partial charge on any atom is 0.246 e. The molecule has 0 unspecified atom stereocenters. The fourth-order valence-corrected chi connectivity index (χ4v) is 4.35. The van der Waals surface area contributed by atoms with E-state index in [0.29, 0.717) is 5.92 Å². The predicted octanol–water partition coefficient (Wildman–Crippen LogP) is 2.73. The second-order valence-corrected chi connectivity index (χ2v) is 8.87. The zero-order chi connectivity index (χ0) is 22.5. The molecule has 0 aliphatic carbocycles. The first-order chi connectivity index (χ1) is 15.5. The Hall–Kier alpha value is -2.84. The lowest BCUT2D eigenvalue weighted by Crippen LogP contribution is -2.34. The van der Waals surface area contributed by atoms with E-state index in [4.69, 9.17) is 4.74 Å². The van der Waals surface area contributed by atoms with Gasteiger partial charge in [-0.3, -0.25) is 14.7 Å². The van der Waals surface area contributed by atoms with Crippen LogP contribution in [0.5, 0.6) is 0 Å². The number of pyridine rings is 1.